The predicted octanol–water partition coefficient (Wildman–Crippen LogP) is 3.57. The van der Waals surface area contributed by atoms with Crippen LogP contribution in [0.3, 0.4) is 0 Å². The van der Waals surface area contributed by atoms with Crippen LogP contribution in [0.15, 0.2) is 91.0 Å². The summed E-state index contributed by atoms with van der Waals surface area (Å²) in [5.41, 5.74) is 2.11. The summed E-state index contributed by atoms with van der Waals surface area (Å²) in [7, 11) is 0. The van der Waals surface area contributed by atoms with E-state index in [0.717, 1.165) is 11.1 Å². The van der Waals surface area contributed by atoms with Gasteiger partial charge in [-0.25, -0.2) is 0 Å². The van der Waals surface area contributed by atoms with Crippen molar-refractivity contribution in [2.24, 2.45) is 0 Å². The quantitative estimate of drug-likeness (QED) is 0.432. The Bertz CT molecular complexity index is 803. The van der Waals surface area contributed by atoms with E-state index in [2.05, 4.69) is 43.8 Å². The normalized spacial score (nSPS) is 9.43. The van der Waals surface area contributed by atoms with Gasteiger partial charge in [-0.1, -0.05) is 0 Å². The molecule has 0 aliphatic carbocycles. The van der Waals surface area contributed by atoms with Gasteiger partial charge in [0.05, 0.1) is 0 Å². The van der Waals surface area contributed by atoms with Crippen LogP contribution in [0.2, 0.25) is 0 Å². The van der Waals surface area contributed by atoms with Crippen molar-refractivity contribution in [2.75, 3.05) is 0 Å². The van der Waals surface area contributed by atoms with E-state index in [9.17, 15) is 0 Å². The summed E-state index contributed by atoms with van der Waals surface area (Å²) >= 11 is -2.15. The summed E-state index contributed by atoms with van der Waals surface area (Å²) in [6, 6.07) is 30.8. The fourth-order valence-corrected chi connectivity index (χ4v) is 5.63. The van der Waals surface area contributed by atoms with Crippen molar-refractivity contribution in [3.8, 4) is 19.6 Å². The molecule has 1 heteroatoms. The fraction of sp³-hybridized carbons (Fsp3) is 0. The first-order chi connectivity index (χ1) is 11.4. The second kappa shape index (κ2) is 8.29. The molecule has 0 radical (unpaired) electrons. The molecular weight excluding hydrogens is 386 g/mol. The molecule has 0 amide bonds. The molecule has 0 atom stereocenters. The number of benzene rings is 3. The molecule has 3 aromatic carbocycles. The fourth-order valence-electron chi connectivity index (χ4n) is 2.02. The first kappa shape index (κ1) is 15.5. The van der Waals surface area contributed by atoms with Gasteiger partial charge in [-0.15, -0.1) is 0 Å². The molecule has 0 saturated carbocycles. The minimum absolute atomic E-state index is 1.06. The van der Waals surface area contributed by atoms with Crippen molar-refractivity contribution >= 4 is 23.7 Å². The van der Waals surface area contributed by atoms with Crippen molar-refractivity contribution in [3.05, 3.63) is 102 Å². The number of hydrogen-bond acceptors (Lipinski definition) is 0. The topological polar surface area (TPSA) is 0 Å². The molecule has 0 heterocycles. The van der Waals surface area contributed by atoms with Crippen LogP contribution in [0.1, 0.15) is 11.1 Å². The molecule has 0 nitrogen and oxygen atoms in total. The van der Waals surface area contributed by atoms with E-state index in [-0.39, 0.29) is 0 Å². The minimum atomic E-state index is -2.15. The van der Waals surface area contributed by atoms with Crippen molar-refractivity contribution < 1.29 is 0 Å². The molecule has 0 spiro atoms. The molecule has 0 aromatic heterocycles. The molecular formula is C22H15Sb. The molecule has 0 N–H and O–H groups in total. The summed E-state index contributed by atoms with van der Waals surface area (Å²) in [6.45, 7) is 0. The molecule has 0 aliphatic heterocycles. The Balaban J connectivity index is 1.93. The molecule has 0 fully saturated rings. The van der Waals surface area contributed by atoms with E-state index < -0.39 is 20.2 Å². The zero-order valence-corrected chi connectivity index (χ0v) is 15.2. The van der Waals surface area contributed by atoms with Crippen LogP contribution in [-0.4, -0.2) is 20.2 Å². The molecule has 108 valence electrons. The molecule has 3 aromatic rings. The van der Waals surface area contributed by atoms with Crippen molar-refractivity contribution in [3.63, 3.8) is 0 Å². The van der Waals surface area contributed by atoms with Gasteiger partial charge >= 0.3 is 145 Å². The van der Waals surface area contributed by atoms with Gasteiger partial charge in [-0.2, -0.15) is 0 Å². The summed E-state index contributed by atoms with van der Waals surface area (Å²) in [5, 5.41) is 0. The standard InChI is InChI=1S/2C8H5.C6H5.Sb/c2*1-2-8-6-4-3-5-7-8;1-2-4-6-5-3-1;/h2*3-7H;1-5H;. The summed E-state index contributed by atoms with van der Waals surface area (Å²) in [5.74, 6) is 6.62. The van der Waals surface area contributed by atoms with Gasteiger partial charge in [0.15, 0.2) is 0 Å². The maximum absolute atomic E-state index is 3.48. The Morgan fingerprint density at radius 3 is 1.30 bits per heavy atom. The third-order valence-corrected chi connectivity index (χ3v) is 7.43. The van der Waals surface area contributed by atoms with E-state index in [1.165, 1.54) is 3.51 Å². The van der Waals surface area contributed by atoms with Gasteiger partial charge in [-0.3, -0.25) is 0 Å². The van der Waals surface area contributed by atoms with Crippen molar-refractivity contribution in [2.45, 2.75) is 0 Å². The van der Waals surface area contributed by atoms with Crippen LogP contribution in [0, 0.1) is 19.6 Å². The van der Waals surface area contributed by atoms with Gasteiger partial charge in [-0.05, 0) is 0 Å². The summed E-state index contributed by atoms with van der Waals surface area (Å²) in [4.78, 5) is 0. The van der Waals surface area contributed by atoms with Crippen LogP contribution < -0.4 is 3.51 Å². The molecule has 23 heavy (non-hydrogen) atoms. The first-order valence-corrected chi connectivity index (χ1v) is 11.2. The van der Waals surface area contributed by atoms with E-state index in [4.69, 9.17) is 0 Å². The Kier molecular flexibility index (Phi) is 5.58. The first-order valence-electron chi connectivity index (χ1n) is 7.40. The maximum atomic E-state index is 3.48. The molecule has 3 rings (SSSR count). The van der Waals surface area contributed by atoms with Gasteiger partial charge in [0, 0.05) is 0 Å². The Morgan fingerprint density at radius 2 is 0.870 bits per heavy atom. The van der Waals surface area contributed by atoms with E-state index >= 15 is 0 Å². The van der Waals surface area contributed by atoms with Crippen LogP contribution in [0.25, 0.3) is 0 Å². The average Bonchev–Trinajstić information content (AvgIpc) is 2.64. The molecule has 0 aliphatic rings. The average molecular weight is 401 g/mol. The van der Waals surface area contributed by atoms with Gasteiger partial charge in [0.2, 0.25) is 0 Å². The van der Waals surface area contributed by atoms with E-state index in [1.807, 2.05) is 66.7 Å². The van der Waals surface area contributed by atoms with Crippen LogP contribution in [0.5, 0.6) is 0 Å². The SMILES string of the molecule is C(#[C][Sb]([C]#Cc1ccccc1)[c]1ccccc1)c1ccccc1. The third kappa shape index (κ3) is 4.79. The second-order valence-corrected chi connectivity index (χ2v) is 9.54. The van der Waals surface area contributed by atoms with Gasteiger partial charge in [0.25, 0.3) is 0 Å². The zero-order chi connectivity index (χ0) is 15.7. The molecule has 0 bridgehead atoms. The molecule has 0 saturated heterocycles. The Morgan fingerprint density at radius 1 is 0.478 bits per heavy atom. The van der Waals surface area contributed by atoms with Crippen LogP contribution in [-0.2, 0) is 0 Å². The summed E-state index contributed by atoms with van der Waals surface area (Å²) in [6.07, 6.45) is 0. The third-order valence-electron chi connectivity index (χ3n) is 3.19. The predicted molar refractivity (Wildman–Crippen MR) is 98.5 cm³/mol. The van der Waals surface area contributed by atoms with Gasteiger partial charge in [0.1, 0.15) is 0 Å². The number of rotatable bonds is 1. The van der Waals surface area contributed by atoms with Crippen molar-refractivity contribution in [1.29, 1.82) is 0 Å². The van der Waals surface area contributed by atoms with Crippen molar-refractivity contribution in [1.82, 2.24) is 0 Å². The summed E-state index contributed by atoms with van der Waals surface area (Å²) < 4.78 is 8.27. The van der Waals surface area contributed by atoms with Gasteiger partial charge < -0.3 is 0 Å². The van der Waals surface area contributed by atoms with Crippen LogP contribution >= 0.6 is 0 Å². The Labute approximate surface area is 145 Å². The zero-order valence-electron chi connectivity index (χ0n) is 12.6. The second-order valence-electron chi connectivity index (χ2n) is 4.88. The Hall–Kier alpha value is -2.40. The van der Waals surface area contributed by atoms with E-state index in [0.29, 0.717) is 0 Å². The number of hydrogen-bond donors (Lipinski definition) is 0. The monoisotopic (exact) mass is 400 g/mol. The van der Waals surface area contributed by atoms with Crippen LogP contribution in [0.4, 0.5) is 0 Å². The molecule has 0 unspecified atom stereocenters. The van der Waals surface area contributed by atoms with E-state index in [1.54, 1.807) is 0 Å².